The molecule has 0 bridgehead atoms. The Balaban J connectivity index is 1.89. The predicted octanol–water partition coefficient (Wildman–Crippen LogP) is 2.75. The van der Waals surface area contributed by atoms with Crippen LogP contribution in [-0.2, 0) is 9.59 Å². The first-order chi connectivity index (χ1) is 7.16. The summed E-state index contributed by atoms with van der Waals surface area (Å²) in [6.45, 7) is 2.06. The number of hydrogen-bond acceptors (Lipinski definition) is 2. The normalized spacial score (nSPS) is 34.5. The van der Waals surface area contributed by atoms with Gasteiger partial charge in [0.25, 0.3) is 0 Å². The topological polar surface area (TPSA) is 34.1 Å². The molecule has 2 atom stereocenters. The highest BCUT2D eigenvalue weighted by atomic mass is 16.1. The Hall–Kier alpha value is -0.660. The molecule has 0 saturated heterocycles. The van der Waals surface area contributed by atoms with Gasteiger partial charge in [-0.25, -0.2) is 0 Å². The maximum atomic E-state index is 11.4. The monoisotopic (exact) mass is 208 g/mol. The van der Waals surface area contributed by atoms with Crippen LogP contribution in [0.2, 0.25) is 0 Å². The van der Waals surface area contributed by atoms with Gasteiger partial charge in [0.05, 0.1) is 0 Å². The molecule has 15 heavy (non-hydrogen) atoms. The Kier molecular flexibility index (Phi) is 3.22. The summed E-state index contributed by atoms with van der Waals surface area (Å²) >= 11 is 0. The number of hydrogen-bond donors (Lipinski definition) is 0. The summed E-state index contributed by atoms with van der Waals surface area (Å²) in [5.41, 5.74) is 0. The summed E-state index contributed by atoms with van der Waals surface area (Å²) in [4.78, 5) is 22.6. The molecular weight excluding hydrogens is 188 g/mol. The highest BCUT2D eigenvalue weighted by molar-refractivity contribution is 5.81. The molecule has 2 fully saturated rings. The van der Waals surface area contributed by atoms with Crippen molar-refractivity contribution in [2.24, 2.45) is 17.8 Å². The lowest BCUT2D eigenvalue weighted by molar-refractivity contribution is -0.127. The first-order valence-electron chi connectivity index (χ1n) is 6.21. The van der Waals surface area contributed by atoms with Crippen LogP contribution < -0.4 is 0 Å². The maximum absolute atomic E-state index is 11.4. The first-order valence-corrected chi connectivity index (χ1v) is 6.21. The highest BCUT2D eigenvalue weighted by Crippen LogP contribution is 2.38. The average Bonchev–Trinajstić information content (AvgIpc) is 2.23. The molecular formula is C13H20O2. The van der Waals surface area contributed by atoms with Crippen molar-refractivity contribution in [1.82, 2.24) is 0 Å². The molecule has 0 spiro atoms. The summed E-state index contributed by atoms with van der Waals surface area (Å²) in [7, 11) is 0. The molecule has 0 heterocycles. The minimum atomic E-state index is 0.265. The van der Waals surface area contributed by atoms with Crippen molar-refractivity contribution in [2.75, 3.05) is 0 Å². The second-order valence-corrected chi connectivity index (χ2v) is 5.28. The van der Waals surface area contributed by atoms with E-state index in [0.717, 1.165) is 50.9 Å². The van der Waals surface area contributed by atoms with E-state index in [1.54, 1.807) is 0 Å². The van der Waals surface area contributed by atoms with Gasteiger partial charge in [0.1, 0.15) is 11.6 Å². The summed E-state index contributed by atoms with van der Waals surface area (Å²) in [5, 5.41) is 0. The maximum Gasteiger partial charge on any atom is 0.135 e. The van der Waals surface area contributed by atoms with Gasteiger partial charge >= 0.3 is 0 Å². The van der Waals surface area contributed by atoms with Crippen LogP contribution in [0.3, 0.4) is 0 Å². The van der Waals surface area contributed by atoms with Crippen LogP contribution in [0.15, 0.2) is 0 Å². The second-order valence-electron chi connectivity index (χ2n) is 5.28. The number of rotatable bonds is 1. The van der Waals surface area contributed by atoms with E-state index >= 15 is 0 Å². The van der Waals surface area contributed by atoms with Crippen LogP contribution in [0.5, 0.6) is 0 Å². The zero-order valence-corrected chi connectivity index (χ0v) is 9.50. The van der Waals surface area contributed by atoms with Crippen LogP contribution in [0.4, 0.5) is 0 Å². The van der Waals surface area contributed by atoms with E-state index in [2.05, 4.69) is 6.92 Å². The van der Waals surface area contributed by atoms with Crippen molar-refractivity contribution >= 4 is 11.6 Å². The Morgan fingerprint density at radius 3 is 2.13 bits per heavy atom. The van der Waals surface area contributed by atoms with Crippen molar-refractivity contribution in [2.45, 2.75) is 51.9 Å². The van der Waals surface area contributed by atoms with Gasteiger partial charge in [-0.3, -0.25) is 9.59 Å². The fourth-order valence-electron chi connectivity index (χ4n) is 3.14. The van der Waals surface area contributed by atoms with Crippen molar-refractivity contribution in [3.63, 3.8) is 0 Å². The molecule has 0 aliphatic heterocycles. The molecule has 2 heteroatoms. The molecule has 0 N–H and O–H groups in total. The molecule has 2 aliphatic rings. The molecule has 2 rings (SSSR count). The van der Waals surface area contributed by atoms with Crippen molar-refractivity contribution in [3.05, 3.63) is 0 Å². The van der Waals surface area contributed by atoms with Crippen LogP contribution >= 0.6 is 0 Å². The standard InChI is InChI=1S/C13H20O2/c1-9-8-11(4-7-13(9)15)10-2-5-12(14)6-3-10/h9-11H,2-8H2,1H3. The summed E-state index contributed by atoms with van der Waals surface area (Å²) in [6, 6.07) is 0. The third-order valence-corrected chi connectivity index (χ3v) is 4.22. The number of ketones is 2. The second kappa shape index (κ2) is 4.46. The van der Waals surface area contributed by atoms with E-state index in [0.29, 0.717) is 17.5 Å². The van der Waals surface area contributed by atoms with Crippen LogP contribution in [0, 0.1) is 17.8 Å². The third-order valence-electron chi connectivity index (χ3n) is 4.22. The van der Waals surface area contributed by atoms with E-state index < -0.39 is 0 Å². The van der Waals surface area contributed by atoms with Crippen molar-refractivity contribution in [3.8, 4) is 0 Å². The van der Waals surface area contributed by atoms with Gasteiger partial charge in [-0.1, -0.05) is 6.92 Å². The quantitative estimate of drug-likeness (QED) is 0.664. The fourth-order valence-corrected chi connectivity index (χ4v) is 3.14. The SMILES string of the molecule is CC1CC(C2CCC(=O)CC2)CCC1=O. The van der Waals surface area contributed by atoms with Gasteiger partial charge in [0, 0.05) is 25.2 Å². The molecule has 0 aromatic carbocycles. The number of Topliss-reactive ketones (excluding diaryl/α,β-unsaturated/α-hetero) is 2. The third kappa shape index (κ3) is 2.47. The smallest absolute Gasteiger partial charge is 0.135 e. The van der Waals surface area contributed by atoms with Crippen LogP contribution in [0.1, 0.15) is 51.9 Å². The summed E-state index contributed by atoms with van der Waals surface area (Å²) < 4.78 is 0. The van der Waals surface area contributed by atoms with Gasteiger partial charge in [-0.05, 0) is 37.5 Å². The molecule has 2 saturated carbocycles. The Labute approximate surface area is 91.4 Å². The van der Waals surface area contributed by atoms with E-state index in [1.807, 2.05) is 0 Å². The molecule has 0 aromatic heterocycles. The lowest BCUT2D eigenvalue weighted by atomic mass is 9.70. The molecule has 84 valence electrons. The summed E-state index contributed by atoms with van der Waals surface area (Å²) in [6.07, 6.45) is 6.62. The van der Waals surface area contributed by atoms with Crippen molar-refractivity contribution in [1.29, 1.82) is 0 Å². The van der Waals surface area contributed by atoms with Crippen LogP contribution in [-0.4, -0.2) is 11.6 Å². The minimum absolute atomic E-state index is 0.265. The first kappa shape index (κ1) is 10.8. The molecule has 0 amide bonds. The lowest BCUT2D eigenvalue weighted by Crippen LogP contribution is -2.29. The fraction of sp³-hybridized carbons (Fsp3) is 0.846. The molecule has 2 nitrogen and oxygen atoms in total. The Morgan fingerprint density at radius 1 is 0.933 bits per heavy atom. The Bertz CT molecular complexity index is 260. The zero-order valence-electron chi connectivity index (χ0n) is 9.50. The van der Waals surface area contributed by atoms with Gasteiger partial charge in [0.15, 0.2) is 0 Å². The lowest BCUT2D eigenvalue weighted by Gasteiger charge is -2.34. The predicted molar refractivity (Wildman–Crippen MR) is 58.5 cm³/mol. The van der Waals surface area contributed by atoms with E-state index in [-0.39, 0.29) is 5.92 Å². The van der Waals surface area contributed by atoms with Gasteiger partial charge in [-0.15, -0.1) is 0 Å². The van der Waals surface area contributed by atoms with Crippen molar-refractivity contribution < 1.29 is 9.59 Å². The zero-order chi connectivity index (χ0) is 10.8. The Morgan fingerprint density at radius 2 is 1.53 bits per heavy atom. The van der Waals surface area contributed by atoms with Gasteiger partial charge in [-0.2, -0.15) is 0 Å². The average molecular weight is 208 g/mol. The molecule has 2 aliphatic carbocycles. The van der Waals surface area contributed by atoms with Crippen LogP contribution in [0.25, 0.3) is 0 Å². The largest absolute Gasteiger partial charge is 0.300 e. The number of carbonyl (C=O) groups excluding carboxylic acids is 2. The van der Waals surface area contributed by atoms with E-state index in [1.165, 1.54) is 0 Å². The van der Waals surface area contributed by atoms with E-state index in [4.69, 9.17) is 0 Å². The minimum Gasteiger partial charge on any atom is -0.300 e. The van der Waals surface area contributed by atoms with Gasteiger partial charge < -0.3 is 0 Å². The number of carbonyl (C=O) groups is 2. The molecule has 2 unspecified atom stereocenters. The summed E-state index contributed by atoms with van der Waals surface area (Å²) in [5.74, 6) is 2.58. The van der Waals surface area contributed by atoms with Gasteiger partial charge in [0.2, 0.25) is 0 Å². The molecule has 0 aromatic rings. The molecule has 0 radical (unpaired) electrons. The van der Waals surface area contributed by atoms with E-state index in [9.17, 15) is 9.59 Å². The highest BCUT2D eigenvalue weighted by Gasteiger charge is 2.32.